The van der Waals surface area contributed by atoms with E-state index in [4.69, 9.17) is 4.42 Å². The van der Waals surface area contributed by atoms with Gasteiger partial charge in [-0.15, -0.1) is 0 Å². The molecule has 0 bridgehead atoms. The Labute approximate surface area is 134 Å². The van der Waals surface area contributed by atoms with E-state index in [1.165, 1.54) is 11.8 Å². The van der Waals surface area contributed by atoms with Gasteiger partial charge in [-0.2, -0.15) is 0 Å². The van der Waals surface area contributed by atoms with Crippen LogP contribution >= 0.6 is 0 Å². The molecule has 0 unspecified atom stereocenters. The number of hydrogen-bond acceptors (Lipinski definition) is 4. The summed E-state index contributed by atoms with van der Waals surface area (Å²) in [7, 11) is 0. The summed E-state index contributed by atoms with van der Waals surface area (Å²) in [5.41, 5.74) is 3.30. The van der Waals surface area contributed by atoms with Crippen LogP contribution in [0.5, 0.6) is 0 Å². The molecule has 0 atom stereocenters. The van der Waals surface area contributed by atoms with Crippen molar-refractivity contribution in [3.05, 3.63) is 59.7 Å². The van der Waals surface area contributed by atoms with Gasteiger partial charge < -0.3 is 9.73 Å². The number of nitrogens with one attached hydrogen (secondary N) is 1. The molecule has 0 aliphatic rings. The molecular weight excluding hydrogens is 290 g/mol. The van der Waals surface area contributed by atoms with Gasteiger partial charge in [-0.3, -0.25) is 9.78 Å². The molecule has 0 radical (unpaired) electrons. The highest BCUT2D eigenvalue weighted by atomic mass is 16.3. The van der Waals surface area contributed by atoms with Gasteiger partial charge in [0.15, 0.2) is 5.58 Å². The minimum Gasteiger partial charge on any atom is -0.439 e. The number of carbonyl (C=O) groups excluding carboxylic acids is 1. The fraction of sp³-hybridized carbons (Fsp3) is 0.278. The highest BCUT2D eigenvalue weighted by Gasteiger charge is 2.16. The predicted molar refractivity (Wildman–Crippen MR) is 88.1 cm³/mol. The highest BCUT2D eigenvalue weighted by molar-refractivity contribution is 5.93. The van der Waals surface area contributed by atoms with Gasteiger partial charge in [0.05, 0.1) is 12.1 Å². The first-order valence-electron chi connectivity index (χ1n) is 7.52. The minimum atomic E-state index is -0.198. The van der Waals surface area contributed by atoms with Crippen molar-refractivity contribution in [2.75, 3.05) is 0 Å². The average Bonchev–Trinajstić information content (AvgIpc) is 2.94. The van der Waals surface area contributed by atoms with E-state index in [0.29, 0.717) is 11.5 Å². The zero-order chi connectivity index (χ0) is 16.4. The molecule has 0 fully saturated rings. The van der Waals surface area contributed by atoms with E-state index in [1.807, 2.05) is 18.2 Å². The number of amides is 1. The number of nitrogens with zero attached hydrogens (tertiary/aromatic N) is 2. The van der Waals surface area contributed by atoms with Crippen LogP contribution in [-0.2, 0) is 12.0 Å². The van der Waals surface area contributed by atoms with Crippen molar-refractivity contribution in [2.45, 2.75) is 32.7 Å². The lowest BCUT2D eigenvalue weighted by Crippen LogP contribution is -2.22. The fourth-order valence-electron chi connectivity index (χ4n) is 2.27. The monoisotopic (exact) mass is 309 g/mol. The van der Waals surface area contributed by atoms with Gasteiger partial charge in [0.1, 0.15) is 5.52 Å². The number of benzene rings is 1. The minimum absolute atomic E-state index is 0.0574. The molecule has 1 N–H and O–H groups in total. The molecule has 5 heteroatoms. The maximum atomic E-state index is 12.0. The molecule has 5 nitrogen and oxygen atoms in total. The number of oxazole rings is 1. The SMILES string of the molecule is CC(C)(C)c1ccc2oc(CNC(=O)c3cccnc3)nc2c1. The van der Waals surface area contributed by atoms with Gasteiger partial charge in [0.2, 0.25) is 5.89 Å². The highest BCUT2D eigenvalue weighted by Crippen LogP contribution is 2.26. The second-order valence-electron chi connectivity index (χ2n) is 6.46. The molecule has 0 aliphatic heterocycles. The van der Waals surface area contributed by atoms with Crippen LogP contribution in [0.15, 0.2) is 47.1 Å². The zero-order valence-electron chi connectivity index (χ0n) is 13.5. The average molecular weight is 309 g/mol. The quantitative estimate of drug-likeness (QED) is 0.804. The number of hydrogen-bond donors (Lipinski definition) is 1. The third-order valence-electron chi connectivity index (χ3n) is 3.62. The largest absolute Gasteiger partial charge is 0.439 e. The summed E-state index contributed by atoms with van der Waals surface area (Å²) < 4.78 is 5.68. The molecule has 0 saturated carbocycles. The number of rotatable bonds is 3. The van der Waals surface area contributed by atoms with Gasteiger partial charge in [0, 0.05) is 12.4 Å². The fourth-order valence-corrected chi connectivity index (χ4v) is 2.27. The Morgan fingerprint density at radius 3 is 2.78 bits per heavy atom. The smallest absolute Gasteiger partial charge is 0.253 e. The molecule has 2 heterocycles. The first kappa shape index (κ1) is 15.2. The third-order valence-corrected chi connectivity index (χ3v) is 3.62. The van der Waals surface area contributed by atoms with E-state index in [1.54, 1.807) is 18.3 Å². The van der Waals surface area contributed by atoms with Crippen LogP contribution in [0.3, 0.4) is 0 Å². The van der Waals surface area contributed by atoms with E-state index in [2.05, 4.69) is 36.1 Å². The molecule has 23 heavy (non-hydrogen) atoms. The van der Waals surface area contributed by atoms with Gasteiger partial charge in [-0.05, 0) is 35.2 Å². The van der Waals surface area contributed by atoms with Crippen molar-refractivity contribution >= 4 is 17.0 Å². The molecule has 118 valence electrons. The van der Waals surface area contributed by atoms with Crippen molar-refractivity contribution in [1.82, 2.24) is 15.3 Å². The van der Waals surface area contributed by atoms with Crippen LogP contribution < -0.4 is 5.32 Å². The van der Waals surface area contributed by atoms with E-state index in [0.717, 1.165) is 11.1 Å². The van der Waals surface area contributed by atoms with Crippen LogP contribution in [0, 0.1) is 0 Å². The Morgan fingerprint density at radius 1 is 1.26 bits per heavy atom. The molecule has 1 aromatic carbocycles. The summed E-state index contributed by atoms with van der Waals surface area (Å²) in [5.74, 6) is 0.291. The van der Waals surface area contributed by atoms with Crippen LogP contribution in [0.1, 0.15) is 42.6 Å². The van der Waals surface area contributed by atoms with Crippen molar-refractivity contribution < 1.29 is 9.21 Å². The molecule has 0 spiro atoms. The number of aromatic nitrogens is 2. The Bertz CT molecular complexity index is 832. The van der Waals surface area contributed by atoms with Gasteiger partial charge >= 0.3 is 0 Å². The van der Waals surface area contributed by atoms with E-state index < -0.39 is 0 Å². The second kappa shape index (κ2) is 5.83. The number of fused-ring (bicyclic) bond motifs is 1. The third kappa shape index (κ3) is 3.39. The van der Waals surface area contributed by atoms with Crippen molar-refractivity contribution in [3.63, 3.8) is 0 Å². The maximum absolute atomic E-state index is 12.0. The first-order chi connectivity index (χ1) is 10.9. The lowest BCUT2D eigenvalue weighted by atomic mass is 9.87. The Balaban J connectivity index is 1.75. The van der Waals surface area contributed by atoms with Gasteiger partial charge in [-0.25, -0.2) is 4.98 Å². The van der Waals surface area contributed by atoms with E-state index in [-0.39, 0.29) is 17.9 Å². The normalized spacial score (nSPS) is 11.6. The van der Waals surface area contributed by atoms with Crippen LogP contribution in [-0.4, -0.2) is 15.9 Å². The topological polar surface area (TPSA) is 68.0 Å². The predicted octanol–water partition coefficient (Wildman–Crippen LogP) is 3.45. The van der Waals surface area contributed by atoms with E-state index >= 15 is 0 Å². The summed E-state index contributed by atoms with van der Waals surface area (Å²) in [4.78, 5) is 20.4. The summed E-state index contributed by atoms with van der Waals surface area (Å²) in [6.07, 6.45) is 3.15. The molecule has 0 saturated heterocycles. The first-order valence-corrected chi connectivity index (χ1v) is 7.52. The number of carbonyl (C=O) groups is 1. The van der Waals surface area contributed by atoms with E-state index in [9.17, 15) is 4.79 Å². The van der Waals surface area contributed by atoms with Crippen LogP contribution in [0.2, 0.25) is 0 Å². The van der Waals surface area contributed by atoms with Crippen molar-refractivity contribution in [1.29, 1.82) is 0 Å². The summed E-state index contributed by atoms with van der Waals surface area (Å²) >= 11 is 0. The number of pyridine rings is 1. The molecule has 3 rings (SSSR count). The van der Waals surface area contributed by atoms with Gasteiger partial charge in [-0.1, -0.05) is 26.8 Å². The zero-order valence-corrected chi connectivity index (χ0v) is 13.5. The maximum Gasteiger partial charge on any atom is 0.253 e. The molecule has 3 aromatic rings. The Morgan fingerprint density at radius 2 is 2.09 bits per heavy atom. The second-order valence-corrected chi connectivity index (χ2v) is 6.46. The standard InChI is InChI=1S/C18H19N3O2/c1-18(2,3)13-6-7-15-14(9-13)21-16(23-15)11-20-17(22)12-5-4-8-19-10-12/h4-10H,11H2,1-3H3,(H,20,22). The lowest BCUT2D eigenvalue weighted by Gasteiger charge is -2.18. The molecule has 0 aliphatic carbocycles. The Kier molecular flexibility index (Phi) is 3.86. The van der Waals surface area contributed by atoms with Gasteiger partial charge in [0.25, 0.3) is 5.91 Å². The van der Waals surface area contributed by atoms with Crippen molar-refractivity contribution in [3.8, 4) is 0 Å². The van der Waals surface area contributed by atoms with Crippen LogP contribution in [0.4, 0.5) is 0 Å². The summed E-state index contributed by atoms with van der Waals surface area (Å²) in [6.45, 7) is 6.71. The summed E-state index contributed by atoms with van der Waals surface area (Å²) in [6, 6.07) is 9.44. The molecular formula is C18H19N3O2. The molecule has 2 aromatic heterocycles. The van der Waals surface area contributed by atoms with Crippen molar-refractivity contribution in [2.24, 2.45) is 0 Å². The molecule has 1 amide bonds. The lowest BCUT2D eigenvalue weighted by molar-refractivity contribution is 0.0947. The Hall–Kier alpha value is -2.69. The summed E-state index contributed by atoms with van der Waals surface area (Å²) in [5, 5.41) is 2.79. The van der Waals surface area contributed by atoms with Crippen LogP contribution in [0.25, 0.3) is 11.1 Å².